The van der Waals surface area contributed by atoms with Crippen molar-refractivity contribution in [2.45, 2.75) is 13.3 Å². The smallest absolute Gasteiger partial charge is 0.337 e. The van der Waals surface area contributed by atoms with Crippen LogP contribution in [0.4, 0.5) is 11.4 Å². The summed E-state index contributed by atoms with van der Waals surface area (Å²) in [5.74, 6) is -0.538. The van der Waals surface area contributed by atoms with E-state index in [9.17, 15) is 9.59 Å². The molecule has 1 aromatic carbocycles. The molecule has 3 N–H and O–H groups in total. The Morgan fingerprint density at radius 2 is 2.10 bits per heavy atom. The van der Waals surface area contributed by atoms with Gasteiger partial charge in [0, 0.05) is 13.6 Å². The number of nitrogens with one attached hydrogen (secondary N) is 1. The first-order chi connectivity index (χ1) is 9.53. The summed E-state index contributed by atoms with van der Waals surface area (Å²) in [6.45, 7) is 2.87. The Hall–Kier alpha value is -2.24. The van der Waals surface area contributed by atoms with E-state index in [-0.39, 0.29) is 12.5 Å². The number of ether oxygens (including phenoxy) is 1. The van der Waals surface area contributed by atoms with Crippen molar-refractivity contribution in [3.8, 4) is 0 Å². The van der Waals surface area contributed by atoms with Gasteiger partial charge < -0.3 is 20.7 Å². The van der Waals surface area contributed by atoms with Crippen molar-refractivity contribution < 1.29 is 14.3 Å². The highest BCUT2D eigenvalue weighted by molar-refractivity contribution is 5.92. The lowest BCUT2D eigenvalue weighted by atomic mass is 10.1. The molecular formula is C14H21N3O3. The second kappa shape index (κ2) is 7.37. The van der Waals surface area contributed by atoms with Crippen LogP contribution >= 0.6 is 0 Å². The lowest BCUT2D eigenvalue weighted by Gasteiger charge is -2.25. The molecule has 0 spiro atoms. The van der Waals surface area contributed by atoms with Gasteiger partial charge >= 0.3 is 5.97 Å². The number of hydrogen-bond donors (Lipinski definition) is 2. The Morgan fingerprint density at radius 1 is 1.40 bits per heavy atom. The largest absolute Gasteiger partial charge is 0.465 e. The molecule has 0 heterocycles. The third kappa shape index (κ3) is 3.88. The maximum absolute atomic E-state index is 11.6. The minimum Gasteiger partial charge on any atom is -0.465 e. The van der Waals surface area contributed by atoms with Gasteiger partial charge in [0.05, 0.1) is 30.6 Å². The van der Waals surface area contributed by atoms with Gasteiger partial charge in [0.2, 0.25) is 5.91 Å². The van der Waals surface area contributed by atoms with E-state index < -0.39 is 5.97 Å². The number of nitrogen functional groups attached to an aromatic ring is 1. The SMILES string of the molecule is CCCN(CC(=O)NC)c1cc(C(=O)OC)ccc1N. The number of benzene rings is 1. The highest BCUT2D eigenvalue weighted by Gasteiger charge is 2.15. The molecule has 0 radical (unpaired) electrons. The van der Waals surface area contributed by atoms with Gasteiger partial charge in [-0.1, -0.05) is 6.92 Å². The van der Waals surface area contributed by atoms with Gasteiger partial charge in [-0.2, -0.15) is 0 Å². The minimum atomic E-state index is -0.428. The molecule has 0 aliphatic rings. The fourth-order valence-corrected chi connectivity index (χ4v) is 1.87. The molecule has 0 bridgehead atoms. The van der Waals surface area contributed by atoms with Crippen LogP contribution in [0.1, 0.15) is 23.7 Å². The second-order valence-corrected chi connectivity index (χ2v) is 4.36. The average Bonchev–Trinajstić information content (AvgIpc) is 2.46. The third-order valence-electron chi connectivity index (χ3n) is 2.90. The van der Waals surface area contributed by atoms with Crippen LogP contribution < -0.4 is 16.0 Å². The van der Waals surface area contributed by atoms with Crippen LogP contribution in [0.2, 0.25) is 0 Å². The second-order valence-electron chi connectivity index (χ2n) is 4.36. The molecule has 0 saturated carbocycles. The topological polar surface area (TPSA) is 84.7 Å². The van der Waals surface area contributed by atoms with Crippen LogP contribution in [0.15, 0.2) is 18.2 Å². The predicted molar refractivity (Wildman–Crippen MR) is 78.8 cm³/mol. The van der Waals surface area contributed by atoms with Gasteiger partial charge in [-0.05, 0) is 24.6 Å². The van der Waals surface area contributed by atoms with E-state index in [0.717, 1.165) is 6.42 Å². The van der Waals surface area contributed by atoms with Crippen LogP contribution in [-0.4, -0.2) is 39.1 Å². The first kappa shape index (κ1) is 15.8. The minimum absolute atomic E-state index is 0.110. The summed E-state index contributed by atoms with van der Waals surface area (Å²) in [5.41, 5.74) is 7.55. The van der Waals surface area contributed by atoms with Crippen LogP contribution in [0.25, 0.3) is 0 Å². The van der Waals surface area contributed by atoms with E-state index in [1.54, 1.807) is 25.2 Å². The molecule has 0 aromatic heterocycles. The molecular weight excluding hydrogens is 258 g/mol. The van der Waals surface area contributed by atoms with Crippen molar-refractivity contribution >= 4 is 23.3 Å². The molecule has 0 saturated heterocycles. The van der Waals surface area contributed by atoms with Crippen molar-refractivity contribution in [3.63, 3.8) is 0 Å². The Morgan fingerprint density at radius 3 is 2.65 bits per heavy atom. The average molecular weight is 279 g/mol. The van der Waals surface area contributed by atoms with Crippen LogP contribution in [0.5, 0.6) is 0 Å². The molecule has 0 aliphatic heterocycles. The van der Waals surface area contributed by atoms with Gasteiger partial charge in [-0.15, -0.1) is 0 Å². The number of amides is 1. The number of anilines is 2. The predicted octanol–water partition coefficient (Wildman–Crippen LogP) is 1.02. The zero-order valence-electron chi connectivity index (χ0n) is 12.1. The number of carbonyl (C=O) groups excluding carboxylic acids is 2. The van der Waals surface area contributed by atoms with E-state index in [4.69, 9.17) is 10.5 Å². The molecule has 6 heteroatoms. The Bertz CT molecular complexity index is 489. The number of nitrogens with zero attached hydrogens (tertiary/aromatic N) is 1. The van der Waals surface area contributed by atoms with E-state index >= 15 is 0 Å². The Kier molecular flexibility index (Phi) is 5.83. The van der Waals surface area contributed by atoms with E-state index in [0.29, 0.717) is 23.5 Å². The maximum atomic E-state index is 11.6. The van der Waals surface area contributed by atoms with Crippen molar-refractivity contribution in [2.75, 3.05) is 37.9 Å². The van der Waals surface area contributed by atoms with E-state index in [1.165, 1.54) is 7.11 Å². The Labute approximate surface area is 118 Å². The summed E-state index contributed by atoms with van der Waals surface area (Å²) in [6, 6.07) is 4.91. The molecule has 0 atom stereocenters. The van der Waals surface area contributed by atoms with E-state index in [1.807, 2.05) is 11.8 Å². The third-order valence-corrected chi connectivity index (χ3v) is 2.90. The van der Waals surface area contributed by atoms with Gasteiger partial charge in [-0.3, -0.25) is 4.79 Å². The summed E-state index contributed by atoms with van der Waals surface area (Å²) in [5, 5.41) is 2.58. The van der Waals surface area contributed by atoms with Crippen molar-refractivity contribution in [1.82, 2.24) is 5.32 Å². The number of hydrogen-bond acceptors (Lipinski definition) is 5. The normalized spacial score (nSPS) is 9.95. The summed E-state index contributed by atoms with van der Waals surface area (Å²) >= 11 is 0. The molecule has 0 aliphatic carbocycles. The number of nitrogens with two attached hydrogens (primary N) is 1. The van der Waals surface area contributed by atoms with Crippen LogP contribution in [-0.2, 0) is 9.53 Å². The summed E-state index contributed by atoms with van der Waals surface area (Å²) in [6.07, 6.45) is 0.860. The summed E-state index contributed by atoms with van der Waals surface area (Å²) < 4.78 is 4.70. The van der Waals surface area contributed by atoms with Crippen molar-refractivity contribution in [2.24, 2.45) is 0 Å². The van der Waals surface area contributed by atoms with Crippen molar-refractivity contribution in [1.29, 1.82) is 0 Å². The number of esters is 1. The molecule has 1 aromatic rings. The van der Waals surface area contributed by atoms with Crippen LogP contribution in [0.3, 0.4) is 0 Å². The zero-order valence-corrected chi connectivity index (χ0v) is 12.1. The van der Waals surface area contributed by atoms with Gasteiger partial charge in [0.25, 0.3) is 0 Å². The van der Waals surface area contributed by atoms with Crippen molar-refractivity contribution in [3.05, 3.63) is 23.8 Å². The fourth-order valence-electron chi connectivity index (χ4n) is 1.87. The lowest BCUT2D eigenvalue weighted by molar-refractivity contribution is -0.119. The molecule has 1 rings (SSSR count). The number of carbonyl (C=O) groups is 2. The zero-order chi connectivity index (χ0) is 15.1. The Balaban J connectivity index is 3.10. The first-order valence-electron chi connectivity index (χ1n) is 6.46. The molecule has 1 amide bonds. The van der Waals surface area contributed by atoms with Gasteiger partial charge in [0.15, 0.2) is 0 Å². The molecule has 20 heavy (non-hydrogen) atoms. The lowest BCUT2D eigenvalue weighted by Crippen LogP contribution is -2.36. The van der Waals surface area contributed by atoms with Gasteiger partial charge in [0.1, 0.15) is 0 Å². The molecule has 0 fully saturated rings. The van der Waals surface area contributed by atoms with E-state index in [2.05, 4.69) is 5.32 Å². The maximum Gasteiger partial charge on any atom is 0.337 e. The van der Waals surface area contributed by atoms with Gasteiger partial charge in [-0.25, -0.2) is 4.79 Å². The molecule has 6 nitrogen and oxygen atoms in total. The molecule has 110 valence electrons. The number of likely N-dealkylation sites (N-methyl/N-ethyl adjacent to an activating group) is 1. The highest BCUT2D eigenvalue weighted by Crippen LogP contribution is 2.25. The molecule has 0 unspecified atom stereocenters. The number of methoxy groups -OCH3 is 1. The number of rotatable bonds is 6. The summed E-state index contributed by atoms with van der Waals surface area (Å²) in [7, 11) is 2.91. The highest BCUT2D eigenvalue weighted by atomic mass is 16.5. The first-order valence-corrected chi connectivity index (χ1v) is 6.46. The standard InChI is InChI=1S/C14H21N3O3/c1-4-7-17(9-13(18)16-2)12-8-10(14(19)20-3)5-6-11(12)15/h5-6,8H,4,7,9,15H2,1-3H3,(H,16,18). The summed E-state index contributed by atoms with van der Waals surface area (Å²) in [4.78, 5) is 25.0. The van der Waals surface area contributed by atoms with Crippen LogP contribution in [0, 0.1) is 0 Å². The monoisotopic (exact) mass is 279 g/mol. The fraction of sp³-hybridized carbons (Fsp3) is 0.429. The quantitative estimate of drug-likeness (QED) is 0.600.